The number of hydrogen-bond donors (Lipinski definition) is 1. The lowest BCUT2D eigenvalue weighted by atomic mass is 9.97. The summed E-state index contributed by atoms with van der Waals surface area (Å²) >= 11 is 0. The van der Waals surface area contributed by atoms with Gasteiger partial charge in [0.15, 0.2) is 0 Å². The molecule has 2 heterocycles. The van der Waals surface area contributed by atoms with E-state index in [1.165, 1.54) is 0 Å². The molecule has 0 saturated heterocycles. The monoisotopic (exact) mass is 304 g/mol. The first-order valence-corrected chi connectivity index (χ1v) is 7.51. The molecule has 0 bridgehead atoms. The van der Waals surface area contributed by atoms with Crippen LogP contribution in [0.4, 0.5) is 9.18 Å². The fraction of sp³-hybridized carbons (Fsp3) is 0.471. The lowest BCUT2D eigenvalue weighted by molar-refractivity contribution is 0.0498. The van der Waals surface area contributed by atoms with E-state index in [-0.39, 0.29) is 11.9 Å². The van der Waals surface area contributed by atoms with Crippen molar-refractivity contribution in [2.24, 2.45) is 0 Å². The SMILES string of the molecule is Cc1c(F)cc2c3c1ccn3CC(NC(=O)OC(C)(C)C)C2. The third kappa shape index (κ3) is 2.67. The number of ether oxygens (including phenoxy) is 1. The van der Waals surface area contributed by atoms with Crippen molar-refractivity contribution >= 4 is 17.0 Å². The molecular weight excluding hydrogens is 283 g/mol. The fourth-order valence-electron chi connectivity index (χ4n) is 3.04. The second kappa shape index (κ2) is 5.00. The summed E-state index contributed by atoms with van der Waals surface area (Å²) in [5.41, 5.74) is 2.15. The average molecular weight is 304 g/mol. The number of nitrogens with zero attached hydrogens (tertiary/aromatic N) is 1. The molecule has 1 unspecified atom stereocenters. The highest BCUT2D eigenvalue weighted by Gasteiger charge is 2.25. The molecule has 1 N–H and O–H groups in total. The smallest absolute Gasteiger partial charge is 0.407 e. The molecular formula is C17H21FN2O2. The predicted octanol–water partition coefficient (Wildman–Crippen LogP) is 3.54. The highest BCUT2D eigenvalue weighted by atomic mass is 19.1. The summed E-state index contributed by atoms with van der Waals surface area (Å²) in [5, 5.41) is 3.83. The molecule has 5 heteroatoms. The molecule has 1 aliphatic rings. The number of rotatable bonds is 1. The molecule has 0 fully saturated rings. The topological polar surface area (TPSA) is 43.3 Å². The van der Waals surface area contributed by atoms with Crippen molar-refractivity contribution in [3.8, 4) is 0 Å². The maximum Gasteiger partial charge on any atom is 0.407 e. The van der Waals surface area contributed by atoms with Crippen LogP contribution in [-0.4, -0.2) is 22.3 Å². The quantitative estimate of drug-likeness (QED) is 0.875. The predicted molar refractivity (Wildman–Crippen MR) is 83.5 cm³/mol. The minimum absolute atomic E-state index is 0.0972. The number of carbonyl (C=O) groups is 1. The van der Waals surface area contributed by atoms with Gasteiger partial charge in [0.2, 0.25) is 0 Å². The molecule has 1 aliphatic heterocycles. The molecule has 0 spiro atoms. The summed E-state index contributed by atoms with van der Waals surface area (Å²) in [4.78, 5) is 11.9. The van der Waals surface area contributed by atoms with Gasteiger partial charge in [0, 0.05) is 18.1 Å². The molecule has 2 aromatic rings. The minimum Gasteiger partial charge on any atom is -0.444 e. The van der Waals surface area contributed by atoms with Crippen LogP contribution in [0.25, 0.3) is 10.9 Å². The van der Waals surface area contributed by atoms with Crippen LogP contribution in [0.5, 0.6) is 0 Å². The summed E-state index contributed by atoms with van der Waals surface area (Å²) in [6.45, 7) is 7.95. The molecule has 1 amide bonds. The molecule has 0 aliphatic carbocycles. The van der Waals surface area contributed by atoms with E-state index in [1.54, 1.807) is 13.0 Å². The molecule has 1 aromatic heterocycles. The van der Waals surface area contributed by atoms with Gasteiger partial charge >= 0.3 is 6.09 Å². The number of amides is 1. The van der Waals surface area contributed by atoms with E-state index in [4.69, 9.17) is 4.74 Å². The molecule has 0 saturated carbocycles. The van der Waals surface area contributed by atoms with Crippen LogP contribution in [0.3, 0.4) is 0 Å². The average Bonchev–Trinajstić information content (AvgIpc) is 2.78. The largest absolute Gasteiger partial charge is 0.444 e. The highest BCUT2D eigenvalue weighted by Crippen LogP contribution is 2.30. The van der Waals surface area contributed by atoms with E-state index in [0.717, 1.165) is 16.5 Å². The van der Waals surface area contributed by atoms with Crippen molar-refractivity contribution in [2.45, 2.75) is 52.3 Å². The third-order valence-electron chi connectivity index (χ3n) is 3.94. The first kappa shape index (κ1) is 14.9. The fourth-order valence-corrected chi connectivity index (χ4v) is 3.04. The van der Waals surface area contributed by atoms with Gasteiger partial charge in [0.25, 0.3) is 0 Å². The molecule has 1 aromatic carbocycles. The van der Waals surface area contributed by atoms with Crippen LogP contribution >= 0.6 is 0 Å². The molecule has 3 rings (SSSR count). The molecule has 22 heavy (non-hydrogen) atoms. The van der Waals surface area contributed by atoms with Gasteiger partial charge < -0.3 is 14.6 Å². The van der Waals surface area contributed by atoms with Gasteiger partial charge in [-0.25, -0.2) is 9.18 Å². The van der Waals surface area contributed by atoms with Crippen molar-refractivity contribution in [1.82, 2.24) is 9.88 Å². The van der Waals surface area contributed by atoms with Gasteiger partial charge in [-0.15, -0.1) is 0 Å². The zero-order valence-corrected chi connectivity index (χ0v) is 13.4. The Labute approximate surface area is 129 Å². The summed E-state index contributed by atoms with van der Waals surface area (Å²) < 4.78 is 21.4. The Morgan fingerprint density at radius 2 is 2.18 bits per heavy atom. The molecule has 1 atom stereocenters. The second-order valence-corrected chi connectivity index (χ2v) is 6.92. The van der Waals surface area contributed by atoms with E-state index in [1.807, 2.05) is 33.0 Å². The van der Waals surface area contributed by atoms with E-state index in [2.05, 4.69) is 9.88 Å². The van der Waals surface area contributed by atoms with Crippen LogP contribution in [0, 0.1) is 12.7 Å². The Morgan fingerprint density at radius 1 is 1.45 bits per heavy atom. The van der Waals surface area contributed by atoms with Crippen LogP contribution in [0.1, 0.15) is 31.9 Å². The van der Waals surface area contributed by atoms with Gasteiger partial charge in [-0.2, -0.15) is 0 Å². The third-order valence-corrected chi connectivity index (χ3v) is 3.94. The highest BCUT2D eigenvalue weighted by molar-refractivity contribution is 5.87. The van der Waals surface area contributed by atoms with E-state index in [9.17, 15) is 9.18 Å². The maximum absolute atomic E-state index is 14.0. The maximum atomic E-state index is 14.0. The second-order valence-electron chi connectivity index (χ2n) is 6.92. The van der Waals surface area contributed by atoms with Gasteiger partial charge in [0.05, 0.1) is 11.6 Å². The lowest BCUT2D eigenvalue weighted by Gasteiger charge is -2.28. The normalized spacial score (nSPS) is 17.6. The summed E-state index contributed by atoms with van der Waals surface area (Å²) in [6, 6.07) is 3.42. The number of aromatic nitrogens is 1. The zero-order valence-electron chi connectivity index (χ0n) is 13.4. The van der Waals surface area contributed by atoms with Crippen molar-refractivity contribution < 1.29 is 13.9 Å². The van der Waals surface area contributed by atoms with Crippen molar-refractivity contribution in [2.75, 3.05) is 0 Å². The van der Waals surface area contributed by atoms with E-state index in [0.29, 0.717) is 18.5 Å². The number of benzene rings is 1. The van der Waals surface area contributed by atoms with Crippen molar-refractivity contribution in [3.63, 3.8) is 0 Å². The number of nitrogens with one attached hydrogen (secondary N) is 1. The Hall–Kier alpha value is -2.04. The molecule has 118 valence electrons. The Balaban J connectivity index is 1.83. The van der Waals surface area contributed by atoms with Gasteiger partial charge in [-0.3, -0.25) is 0 Å². The van der Waals surface area contributed by atoms with E-state index >= 15 is 0 Å². The number of halogens is 1. The Bertz CT molecular complexity index is 743. The minimum atomic E-state index is -0.527. The van der Waals surface area contributed by atoms with Crippen molar-refractivity contribution in [3.05, 3.63) is 35.3 Å². The number of carbonyl (C=O) groups excluding carboxylic acids is 1. The van der Waals surface area contributed by atoms with E-state index < -0.39 is 11.7 Å². The first-order valence-electron chi connectivity index (χ1n) is 7.51. The number of hydrogen-bond acceptors (Lipinski definition) is 2. The summed E-state index contributed by atoms with van der Waals surface area (Å²) in [6.07, 6.45) is 2.12. The Morgan fingerprint density at radius 3 is 2.86 bits per heavy atom. The van der Waals surface area contributed by atoms with Crippen molar-refractivity contribution in [1.29, 1.82) is 0 Å². The number of alkyl carbamates (subject to hydrolysis) is 1. The van der Waals surface area contributed by atoms with Gasteiger partial charge in [0.1, 0.15) is 11.4 Å². The zero-order chi connectivity index (χ0) is 16.1. The first-order chi connectivity index (χ1) is 10.2. The summed E-state index contributed by atoms with van der Waals surface area (Å²) in [7, 11) is 0. The van der Waals surface area contributed by atoms with Gasteiger partial charge in [-0.1, -0.05) is 0 Å². The van der Waals surface area contributed by atoms with Crippen LogP contribution in [0.2, 0.25) is 0 Å². The van der Waals surface area contributed by atoms with Crippen LogP contribution < -0.4 is 5.32 Å². The lowest BCUT2D eigenvalue weighted by Crippen LogP contribution is -2.43. The van der Waals surface area contributed by atoms with Gasteiger partial charge in [-0.05, 0) is 57.4 Å². The van der Waals surface area contributed by atoms with Crippen LogP contribution in [-0.2, 0) is 17.7 Å². The van der Waals surface area contributed by atoms with Crippen LogP contribution in [0.15, 0.2) is 18.3 Å². The number of aryl methyl sites for hydroxylation is 1. The molecule has 0 radical (unpaired) electrons. The molecule has 4 nitrogen and oxygen atoms in total. The standard InChI is InChI=1S/C17H21FN2O2/c1-10-13-5-6-20-9-12(19-16(21)22-17(2,3)4)7-11(15(13)20)8-14(10)18/h5-6,8,12H,7,9H2,1-4H3,(H,19,21). The summed E-state index contributed by atoms with van der Waals surface area (Å²) in [5.74, 6) is -0.196. The Kier molecular flexibility index (Phi) is 3.38.